The Bertz CT molecular complexity index is 1280. The zero-order valence-electron chi connectivity index (χ0n) is 20.5. The predicted octanol–water partition coefficient (Wildman–Crippen LogP) is 3.19. The number of hydrogen-bond acceptors (Lipinski definition) is 9. The van der Waals surface area contributed by atoms with Crippen LogP contribution in [0.4, 0.5) is 11.5 Å². The lowest BCUT2D eigenvalue weighted by Crippen LogP contribution is -2.16. The molecule has 11 nitrogen and oxygen atoms in total. The van der Waals surface area contributed by atoms with Gasteiger partial charge in [0.1, 0.15) is 0 Å². The molecule has 37 heavy (non-hydrogen) atoms. The Hall–Kier alpha value is -4.19. The fourth-order valence-electron chi connectivity index (χ4n) is 3.18. The van der Waals surface area contributed by atoms with Crippen molar-refractivity contribution in [2.24, 2.45) is 0 Å². The third-order valence-corrected chi connectivity index (χ3v) is 6.40. The minimum Gasteiger partial charge on any atom is -0.481 e. The quantitative estimate of drug-likeness (QED) is 0.252. The maximum Gasteiger partial charge on any atom is 0.321 e. The Labute approximate surface area is 215 Å². The molecule has 0 spiro atoms. The van der Waals surface area contributed by atoms with Crippen LogP contribution in [0.25, 0.3) is 0 Å². The lowest BCUT2D eigenvalue weighted by atomic mass is 10.1. The summed E-state index contributed by atoms with van der Waals surface area (Å²) in [4.78, 5) is 31.9. The van der Waals surface area contributed by atoms with Gasteiger partial charge >= 0.3 is 12.0 Å². The van der Waals surface area contributed by atoms with Crippen molar-refractivity contribution in [1.82, 2.24) is 9.97 Å². The molecule has 1 heterocycles. The minimum atomic E-state index is -3.98. The van der Waals surface area contributed by atoms with Crippen molar-refractivity contribution in [3.63, 3.8) is 0 Å². The van der Waals surface area contributed by atoms with Crippen molar-refractivity contribution in [1.29, 1.82) is 0 Å². The molecule has 0 aliphatic heterocycles. The molecular formula is C25H28N4O7S. The number of carbonyl (C=O) groups is 2. The highest BCUT2D eigenvalue weighted by molar-refractivity contribution is 7.92. The van der Waals surface area contributed by atoms with Crippen molar-refractivity contribution in [2.75, 3.05) is 30.9 Å². The van der Waals surface area contributed by atoms with Gasteiger partial charge in [0, 0.05) is 18.2 Å². The molecule has 0 aliphatic carbocycles. The lowest BCUT2D eigenvalue weighted by Gasteiger charge is -2.10. The van der Waals surface area contributed by atoms with E-state index in [1.807, 2.05) is 30.3 Å². The van der Waals surface area contributed by atoms with Crippen LogP contribution < -0.4 is 19.5 Å². The van der Waals surface area contributed by atoms with E-state index in [2.05, 4.69) is 20.0 Å². The third-order valence-electron chi connectivity index (χ3n) is 5.03. The van der Waals surface area contributed by atoms with Gasteiger partial charge in [-0.3, -0.25) is 14.3 Å². The summed E-state index contributed by atoms with van der Waals surface area (Å²) < 4.78 is 42.9. The average molecular weight is 529 g/mol. The molecule has 1 amide bonds. The van der Waals surface area contributed by atoms with Crippen LogP contribution in [-0.2, 0) is 30.8 Å². The van der Waals surface area contributed by atoms with Crippen LogP contribution in [0.15, 0.2) is 65.6 Å². The Kier molecular flexibility index (Phi) is 9.78. The smallest absolute Gasteiger partial charge is 0.321 e. The number of anilines is 2. The normalized spacial score (nSPS) is 10.9. The number of methoxy groups -OCH3 is 2. The van der Waals surface area contributed by atoms with Gasteiger partial charge in [-0.1, -0.05) is 30.3 Å². The summed E-state index contributed by atoms with van der Waals surface area (Å²) in [5.74, 6) is -0.754. The van der Waals surface area contributed by atoms with Crippen LogP contribution in [-0.4, -0.2) is 51.1 Å². The third kappa shape index (κ3) is 8.76. The van der Waals surface area contributed by atoms with Gasteiger partial charge in [-0.15, -0.1) is 0 Å². The molecule has 0 unspecified atom stereocenters. The van der Waals surface area contributed by atoms with Crippen LogP contribution in [0.3, 0.4) is 0 Å². The number of sulfonamides is 1. The first kappa shape index (κ1) is 27.4. The number of benzene rings is 2. The standard InChI is InChI=1S/C25H28N4O7S/c1-34-23-17-21(27-25(28-23)35-2)29-37(32,33)20-12-10-19(11-13-20)26-22(30)14-15-24(31)36-16-6-9-18-7-4-3-5-8-18/h3-5,7-8,10-13,17H,6,9,14-16H2,1-2H3,(H,26,30)(H,27,28,29). The van der Waals surface area contributed by atoms with E-state index in [0.717, 1.165) is 6.42 Å². The van der Waals surface area contributed by atoms with Gasteiger partial charge < -0.3 is 19.5 Å². The number of hydrogen-bond donors (Lipinski definition) is 2. The summed E-state index contributed by atoms with van der Waals surface area (Å²) in [6, 6.07) is 16.7. The van der Waals surface area contributed by atoms with Crippen LogP contribution in [0, 0.1) is 0 Å². The van der Waals surface area contributed by atoms with Crippen LogP contribution in [0.5, 0.6) is 11.9 Å². The second-order valence-electron chi connectivity index (χ2n) is 7.77. The average Bonchev–Trinajstić information content (AvgIpc) is 2.90. The van der Waals surface area contributed by atoms with E-state index < -0.39 is 21.9 Å². The van der Waals surface area contributed by atoms with Gasteiger partial charge in [0.2, 0.25) is 11.8 Å². The Morgan fingerprint density at radius 3 is 2.32 bits per heavy atom. The van der Waals surface area contributed by atoms with E-state index in [-0.39, 0.29) is 42.1 Å². The number of rotatable bonds is 13. The molecule has 12 heteroatoms. The SMILES string of the molecule is COc1cc(NS(=O)(=O)c2ccc(NC(=O)CCC(=O)OCCCc3ccccc3)cc2)nc(OC)n1. The first-order valence-electron chi connectivity index (χ1n) is 11.4. The van der Waals surface area contributed by atoms with Crippen molar-refractivity contribution < 1.29 is 32.2 Å². The maximum absolute atomic E-state index is 12.7. The number of nitrogens with zero attached hydrogens (tertiary/aromatic N) is 2. The van der Waals surface area contributed by atoms with Gasteiger partial charge in [0.15, 0.2) is 5.82 Å². The zero-order chi connectivity index (χ0) is 26.7. The van der Waals surface area contributed by atoms with E-state index in [1.165, 1.54) is 50.1 Å². The number of nitrogens with one attached hydrogen (secondary N) is 2. The minimum absolute atomic E-state index is 0.0342. The van der Waals surface area contributed by atoms with Crippen LogP contribution >= 0.6 is 0 Å². The topological polar surface area (TPSA) is 146 Å². The monoisotopic (exact) mass is 528 g/mol. The van der Waals surface area contributed by atoms with E-state index in [9.17, 15) is 18.0 Å². The summed E-state index contributed by atoms with van der Waals surface area (Å²) in [6.07, 6.45) is 1.39. The summed E-state index contributed by atoms with van der Waals surface area (Å²) in [7, 11) is -1.26. The Balaban J connectivity index is 1.45. The Morgan fingerprint density at radius 1 is 0.919 bits per heavy atom. The van der Waals surface area contributed by atoms with E-state index in [4.69, 9.17) is 14.2 Å². The molecule has 1 aromatic heterocycles. The fraction of sp³-hybridized carbons (Fsp3) is 0.280. The first-order valence-corrected chi connectivity index (χ1v) is 12.9. The van der Waals surface area contributed by atoms with Gasteiger partial charge in [0.05, 0.1) is 32.1 Å². The zero-order valence-corrected chi connectivity index (χ0v) is 21.3. The van der Waals surface area contributed by atoms with Gasteiger partial charge in [-0.2, -0.15) is 9.97 Å². The molecular weight excluding hydrogens is 500 g/mol. The van der Waals surface area contributed by atoms with E-state index in [1.54, 1.807) is 0 Å². The molecule has 2 N–H and O–H groups in total. The van der Waals surface area contributed by atoms with Crippen LogP contribution in [0.2, 0.25) is 0 Å². The number of carbonyl (C=O) groups excluding carboxylic acids is 2. The summed E-state index contributed by atoms with van der Waals surface area (Å²) in [5, 5.41) is 2.63. The summed E-state index contributed by atoms with van der Waals surface area (Å²) in [6.45, 7) is 0.286. The summed E-state index contributed by atoms with van der Waals surface area (Å²) in [5.41, 5.74) is 1.55. The largest absolute Gasteiger partial charge is 0.481 e. The maximum atomic E-state index is 12.7. The molecule has 2 aromatic carbocycles. The second-order valence-corrected chi connectivity index (χ2v) is 9.45. The van der Waals surface area contributed by atoms with Gasteiger partial charge in [0.25, 0.3) is 10.0 Å². The molecule has 0 saturated heterocycles. The van der Waals surface area contributed by atoms with Crippen molar-refractivity contribution in [2.45, 2.75) is 30.6 Å². The molecule has 3 aromatic rings. The molecule has 0 saturated carbocycles. The molecule has 0 atom stereocenters. The molecule has 0 fully saturated rings. The van der Waals surface area contributed by atoms with Crippen LogP contribution in [0.1, 0.15) is 24.8 Å². The number of esters is 1. The highest BCUT2D eigenvalue weighted by atomic mass is 32.2. The number of amides is 1. The Morgan fingerprint density at radius 2 is 1.65 bits per heavy atom. The molecule has 0 radical (unpaired) electrons. The lowest BCUT2D eigenvalue weighted by molar-refractivity contribution is -0.144. The molecule has 3 rings (SSSR count). The molecule has 0 aliphatic rings. The van der Waals surface area contributed by atoms with Gasteiger partial charge in [-0.25, -0.2) is 8.42 Å². The van der Waals surface area contributed by atoms with Crippen molar-refractivity contribution in [3.05, 3.63) is 66.2 Å². The number of aromatic nitrogens is 2. The van der Waals surface area contributed by atoms with E-state index in [0.29, 0.717) is 12.1 Å². The highest BCUT2D eigenvalue weighted by Gasteiger charge is 2.17. The predicted molar refractivity (Wildman–Crippen MR) is 136 cm³/mol. The highest BCUT2D eigenvalue weighted by Crippen LogP contribution is 2.21. The van der Waals surface area contributed by atoms with Gasteiger partial charge in [-0.05, 0) is 42.7 Å². The van der Waals surface area contributed by atoms with Crippen molar-refractivity contribution >= 4 is 33.4 Å². The fourth-order valence-corrected chi connectivity index (χ4v) is 4.18. The molecule has 0 bridgehead atoms. The van der Waals surface area contributed by atoms with Crippen molar-refractivity contribution in [3.8, 4) is 11.9 Å². The molecule has 196 valence electrons. The first-order chi connectivity index (χ1) is 17.8. The summed E-state index contributed by atoms with van der Waals surface area (Å²) >= 11 is 0. The number of aryl methyl sites for hydroxylation is 1. The second kappa shape index (κ2) is 13.2. The number of ether oxygens (including phenoxy) is 3. The van der Waals surface area contributed by atoms with E-state index >= 15 is 0 Å².